The second-order valence-corrected chi connectivity index (χ2v) is 6.25. The summed E-state index contributed by atoms with van der Waals surface area (Å²) in [7, 11) is 1.34. The van der Waals surface area contributed by atoms with Gasteiger partial charge < -0.3 is 4.74 Å². The van der Waals surface area contributed by atoms with Crippen LogP contribution in [0, 0.1) is 17.0 Å². The zero-order chi connectivity index (χ0) is 15.5. The predicted octanol–water partition coefficient (Wildman–Crippen LogP) is 3.22. The van der Waals surface area contributed by atoms with Gasteiger partial charge in [0.1, 0.15) is 11.6 Å². The van der Waals surface area contributed by atoms with Crippen molar-refractivity contribution in [2.75, 3.05) is 18.6 Å². The highest BCUT2D eigenvalue weighted by molar-refractivity contribution is 8.00. The summed E-state index contributed by atoms with van der Waals surface area (Å²) in [6, 6.07) is 3.37. The number of carbonyl (C=O) groups is 2. The lowest BCUT2D eigenvalue weighted by Crippen LogP contribution is -2.15. The van der Waals surface area contributed by atoms with E-state index in [-0.39, 0.29) is 17.1 Å². The maximum Gasteiger partial charge on any atom is 0.306 e. The fraction of sp³-hybridized carbons (Fsp3) is 0.467. The van der Waals surface area contributed by atoms with Crippen LogP contribution in [0.4, 0.5) is 8.78 Å². The van der Waals surface area contributed by atoms with Gasteiger partial charge in [0.2, 0.25) is 0 Å². The Bertz CT molecular complexity index is 536. The van der Waals surface area contributed by atoms with Gasteiger partial charge in [-0.25, -0.2) is 8.78 Å². The molecule has 0 heterocycles. The normalized spacial score (nSPS) is 15.6. The Hall–Kier alpha value is -1.43. The van der Waals surface area contributed by atoms with Gasteiger partial charge in [0.05, 0.1) is 24.8 Å². The van der Waals surface area contributed by atoms with Gasteiger partial charge in [-0.1, -0.05) is 6.07 Å². The van der Waals surface area contributed by atoms with Gasteiger partial charge in [0.25, 0.3) is 0 Å². The van der Waals surface area contributed by atoms with Crippen LogP contribution in [0.15, 0.2) is 18.2 Å². The molecule has 6 heteroatoms. The number of esters is 1. The molecule has 0 aromatic heterocycles. The lowest BCUT2D eigenvalue weighted by Gasteiger charge is -2.12. The summed E-state index contributed by atoms with van der Waals surface area (Å²) in [5.41, 5.74) is -0.589. The van der Waals surface area contributed by atoms with Crippen molar-refractivity contribution in [2.24, 2.45) is 5.41 Å². The molecule has 1 aliphatic carbocycles. The number of carbonyl (C=O) groups excluding carboxylic acids is 2. The summed E-state index contributed by atoms with van der Waals surface area (Å²) in [4.78, 5) is 23.2. The molecule has 0 amide bonds. The third-order valence-electron chi connectivity index (χ3n) is 3.59. The van der Waals surface area contributed by atoms with Crippen molar-refractivity contribution in [1.82, 2.24) is 0 Å². The van der Waals surface area contributed by atoms with Gasteiger partial charge in [-0.15, -0.1) is 0 Å². The topological polar surface area (TPSA) is 43.4 Å². The molecule has 1 aliphatic rings. The molecule has 1 aromatic carbocycles. The summed E-state index contributed by atoms with van der Waals surface area (Å²) in [6.45, 7) is 0. The van der Waals surface area contributed by atoms with Crippen molar-refractivity contribution in [3.63, 3.8) is 0 Å². The largest absolute Gasteiger partial charge is 0.469 e. The first-order chi connectivity index (χ1) is 9.97. The Kier molecular flexibility index (Phi) is 4.98. The third-order valence-corrected chi connectivity index (χ3v) is 4.87. The van der Waals surface area contributed by atoms with E-state index in [1.165, 1.54) is 24.9 Å². The van der Waals surface area contributed by atoms with Crippen molar-refractivity contribution < 1.29 is 23.1 Å². The molecule has 114 valence electrons. The first-order valence-corrected chi connectivity index (χ1v) is 7.75. The van der Waals surface area contributed by atoms with E-state index in [0.717, 1.165) is 25.0 Å². The van der Waals surface area contributed by atoms with Crippen molar-refractivity contribution in [3.8, 4) is 0 Å². The first-order valence-electron chi connectivity index (χ1n) is 6.59. The number of methoxy groups -OCH3 is 1. The molecule has 1 saturated carbocycles. The Morgan fingerprint density at radius 1 is 1.29 bits per heavy atom. The van der Waals surface area contributed by atoms with E-state index in [1.54, 1.807) is 0 Å². The second-order valence-electron chi connectivity index (χ2n) is 5.27. The molecule has 1 aromatic rings. The summed E-state index contributed by atoms with van der Waals surface area (Å²) in [5.74, 6) is -1.89. The maximum atomic E-state index is 13.5. The van der Waals surface area contributed by atoms with Crippen LogP contribution in [0.2, 0.25) is 0 Å². The van der Waals surface area contributed by atoms with E-state index in [9.17, 15) is 18.4 Å². The first kappa shape index (κ1) is 15.9. The van der Waals surface area contributed by atoms with E-state index in [4.69, 9.17) is 0 Å². The number of rotatable bonds is 7. The lowest BCUT2D eigenvalue weighted by molar-refractivity contribution is -0.141. The minimum Gasteiger partial charge on any atom is -0.469 e. The molecule has 0 aliphatic heterocycles. The predicted molar refractivity (Wildman–Crippen MR) is 76.3 cm³/mol. The van der Waals surface area contributed by atoms with Crippen LogP contribution in [0.5, 0.6) is 0 Å². The molecular formula is C15H16F2O3S. The number of thioether (sulfide) groups is 1. The molecular weight excluding hydrogens is 298 g/mol. The van der Waals surface area contributed by atoms with Crippen molar-refractivity contribution in [1.29, 1.82) is 0 Å². The van der Waals surface area contributed by atoms with E-state index in [0.29, 0.717) is 12.2 Å². The number of halogens is 2. The van der Waals surface area contributed by atoms with Crippen LogP contribution < -0.4 is 0 Å². The number of ketones is 1. The van der Waals surface area contributed by atoms with Crippen LogP contribution in [-0.4, -0.2) is 30.4 Å². The van der Waals surface area contributed by atoms with Gasteiger partial charge >= 0.3 is 5.97 Å². The summed E-state index contributed by atoms with van der Waals surface area (Å²) < 4.78 is 31.6. The fourth-order valence-electron chi connectivity index (χ4n) is 2.12. The Morgan fingerprint density at radius 2 is 1.90 bits per heavy atom. The molecule has 21 heavy (non-hydrogen) atoms. The number of hydrogen-bond donors (Lipinski definition) is 0. The van der Waals surface area contributed by atoms with Crippen molar-refractivity contribution >= 4 is 23.5 Å². The quantitative estimate of drug-likeness (QED) is 0.572. The van der Waals surface area contributed by atoms with E-state index in [1.807, 2.05) is 0 Å². The standard InChI is InChI=1S/C15H16F2O3S/c1-20-13(19)7-15(5-6-15)9-21-8-12(18)14-10(16)3-2-4-11(14)17/h2-4H,5-9H2,1H3. The van der Waals surface area contributed by atoms with Crippen LogP contribution in [0.25, 0.3) is 0 Å². The van der Waals surface area contributed by atoms with Crippen LogP contribution >= 0.6 is 11.8 Å². The Balaban J connectivity index is 1.87. The molecule has 3 nitrogen and oxygen atoms in total. The summed E-state index contributed by atoms with van der Waals surface area (Å²) in [5, 5.41) is 0. The average molecular weight is 314 g/mol. The number of Topliss-reactive ketones (excluding diaryl/α,β-unsaturated/α-hetero) is 1. The smallest absolute Gasteiger partial charge is 0.306 e. The summed E-state index contributed by atoms with van der Waals surface area (Å²) in [6.07, 6.45) is 2.16. The van der Waals surface area contributed by atoms with E-state index >= 15 is 0 Å². The molecule has 0 N–H and O–H groups in total. The van der Waals surface area contributed by atoms with Gasteiger partial charge in [-0.3, -0.25) is 9.59 Å². The van der Waals surface area contributed by atoms with Gasteiger partial charge in [-0.05, 0) is 36.1 Å². The molecule has 0 saturated heterocycles. The van der Waals surface area contributed by atoms with Crippen LogP contribution in [-0.2, 0) is 9.53 Å². The highest BCUT2D eigenvalue weighted by Gasteiger charge is 2.44. The molecule has 0 spiro atoms. The Morgan fingerprint density at radius 3 is 2.43 bits per heavy atom. The van der Waals surface area contributed by atoms with Gasteiger partial charge in [0, 0.05) is 0 Å². The zero-order valence-electron chi connectivity index (χ0n) is 11.7. The van der Waals surface area contributed by atoms with Crippen LogP contribution in [0.1, 0.15) is 29.6 Å². The molecule has 2 rings (SSSR count). The SMILES string of the molecule is COC(=O)CC1(CSCC(=O)c2c(F)cccc2F)CC1. The second kappa shape index (κ2) is 6.56. The zero-order valence-corrected chi connectivity index (χ0v) is 12.5. The molecule has 0 radical (unpaired) electrons. The van der Waals surface area contributed by atoms with E-state index < -0.39 is 23.0 Å². The molecule has 1 fully saturated rings. The number of ether oxygens (including phenoxy) is 1. The van der Waals surface area contributed by atoms with Gasteiger partial charge in [-0.2, -0.15) is 11.8 Å². The fourth-order valence-corrected chi connectivity index (χ4v) is 3.38. The van der Waals surface area contributed by atoms with Crippen molar-refractivity contribution in [2.45, 2.75) is 19.3 Å². The Labute approximate surface area is 126 Å². The summed E-state index contributed by atoms with van der Waals surface area (Å²) >= 11 is 1.30. The highest BCUT2D eigenvalue weighted by Crippen LogP contribution is 2.51. The minimum atomic E-state index is -0.837. The number of hydrogen-bond acceptors (Lipinski definition) is 4. The molecule has 0 bridgehead atoms. The number of benzene rings is 1. The van der Waals surface area contributed by atoms with Crippen molar-refractivity contribution in [3.05, 3.63) is 35.4 Å². The monoisotopic (exact) mass is 314 g/mol. The van der Waals surface area contributed by atoms with Gasteiger partial charge in [0.15, 0.2) is 5.78 Å². The average Bonchev–Trinajstić information content (AvgIpc) is 3.18. The molecule has 0 atom stereocenters. The highest BCUT2D eigenvalue weighted by atomic mass is 32.2. The lowest BCUT2D eigenvalue weighted by atomic mass is 10.1. The van der Waals surface area contributed by atoms with Crippen LogP contribution in [0.3, 0.4) is 0 Å². The van der Waals surface area contributed by atoms with E-state index in [2.05, 4.69) is 4.74 Å². The minimum absolute atomic E-state index is 0.000770. The third kappa shape index (κ3) is 4.03. The molecule has 0 unspecified atom stereocenters. The maximum absolute atomic E-state index is 13.5.